The summed E-state index contributed by atoms with van der Waals surface area (Å²) in [6.07, 6.45) is 0. The zero-order chi connectivity index (χ0) is 10.2. The van der Waals surface area contributed by atoms with E-state index in [0.29, 0.717) is 0 Å². The fourth-order valence-electron chi connectivity index (χ4n) is 0.705. The molecule has 8 heteroatoms. The molecule has 0 unspecified atom stereocenters. The van der Waals surface area contributed by atoms with E-state index in [2.05, 4.69) is 0 Å². The van der Waals surface area contributed by atoms with Crippen molar-refractivity contribution in [1.29, 1.82) is 0 Å². The number of carboxylic acids is 1. The van der Waals surface area contributed by atoms with Crippen molar-refractivity contribution in [3.63, 3.8) is 0 Å². The number of carbonyl (C=O) groups excluding carboxylic acids is 1. The number of pyridine rings is 1. The second-order valence-corrected chi connectivity index (χ2v) is 3.19. The van der Waals surface area contributed by atoms with Gasteiger partial charge in [0.2, 0.25) is 0 Å². The molecule has 1 rings (SSSR count). The topological polar surface area (TPSA) is 73.0 Å². The summed E-state index contributed by atoms with van der Waals surface area (Å²) in [6, 6.07) is 0. The average Bonchev–Trinajstić information content (AvgIpc) is 1.99. The summed E-state index contributed by atoms with van der Waals surface area (Å²) in [5, 5.41) is 9.54. The number of hydrogen-bond donors (Lipinski definition) is 1. The quantitative estimate of drug-likeness (QED) is 0.458. The number of hydrogen-bond acceptors (Lipinski definition) is 3. The van der Waals surface area contributed by atoms with E-state index in [4.69, 9.17) is 34.8 Å². The van der Waals surface area contributed by atoms with E-state index in [9.17, 15) is 14.7 Å². The van der Waals surface area contributed by atoms with Crippen molar-refractivity contribution < 1.29 is 39.5 Å². The molecule has 0 amide bonds. The van der Waals surface area contributed by atoms with Gasteiger partial charge in [-0.2, -0.15) is 0 Å². The van der Waals surface area contributed by atoms with Crippen LogP contribution >= 0.6 is 34.8 Å². The van der Waals surface area contributed by atoms with Crippen molar-refractivity contribution in [1.82, 2.24) is 4.98 Å². The predicted octanol–water partition coefficient (Wildman–Crippen LogP) is -2.30. The molecule has 0 aliphatic heterocycles. The van der Waals surface area contributed by atoms with E-state index in [0.717, 1.165) is 0 Å². The maximum Gasteiger partial charge on any atom is 1.00 e. The maximum atomic E-state index is 11.0. The maximum absolute atomic E-state index is 11.0. The van der Waals surface area contributed by atoms with E-state index in [-0.39, 0.29) is 39.7 Å². The predicted molar refractivity (Wildman–Crippen MR) is 46.4 cm³/mol. The van der Waals surface area contributed by atoms with Gasteiger partial charge in [0.1, 0.15) is 5.15 Å². The summed E-state index contributed by atoms with van der Waals surface area (Å²) in [5.74, 6) is -1.70. The van der Waals surface area contributed by atoms with Gasteiger partial charge in [-0.3, -0.25) is 4.79 Å². The molecule has 70 valence electrons. The van der Waals surface area contributed by atoms with Gasteiger partial charge in [-0.05, 0) is 0 Å². The van der Waals surface area contributed by atoms with Gasteiger partial charge in [0, 0.05) is 0 Å². The normalized spacial score (nSPS) is 9.36. The summed E-state index contributed by atoms with van der Waals surface area (Å²) in [7, 11) is 0. The monoisotopic (exact) mass is 263 g/mol. The van der Waals surface area contributed by atoms with E-state index in [1.54, 1.807) is 0 Å². The Hall–Kier alpha value is 0.290. The van der Waals surface area contributed by atoms with Crippen molar-refractivity contribution in [3.8, 4) is 0 Å². The molecular weight excluding hydrogens is 263 g/mol. The minimum atomic E-state index is -1.70. The third-order valence-electron chi connectivity index (χ3n) is 1.26. The number of H-pyrrole nitrogens is 1. The third kappa shape index (κ3) is 2.66. The van der Waals surface area contributed by atoms with Crippen molar-refractivity contribution in [2.75, 3.05) is 0 Å². The van der Waals surface area contributed by atoms with Crippen LogP contribution in [0.2, 0.25) is 15.2 Å². The molecule has 4 nitrogen and oxygen atoms in total. The first-order valence-corrected chi connectivity index (χ1v) is 4.06. The molecule has 1 N–H and O–H groups in total. The molecule has 0 bridgehead atoms. The summed E-state index contributed by atoms with van der Waals surface area (Å²) >= 11 is 16.3. The van der Waals surface area contributed by atoms with Crippen LogP contribution in [0.5, 0.6) is 0 Å². The summed E-state index contributed by atoms with van der Waals surface area (Å²) in [5.41, 5.74) is -1.67. The Morgan fingerprint density at radius 2 is 1.71 bits per heavy atom. The molecule has 0 saturated heterocycles. The van der Waals surface area contributed by atoms with E-state index in [1.807, 2.05) is 4.98 Å². The standard InChI is InChI=1S/C6H2Cl3NO3.Na/c7-2-1(6(12)13)5(11)10-4(9)3(2)8;/h(H,10,11)(H,12,13);/q;+1/p-1. The van der Waals surface area contributed by atoms with Gasteiger partial charge in [0.05, 0.1) is 21.6 Å². The average molecular weight is 264 g/mol. The molecule has 0 aliphatic rings. The van der Waals surface area contributed by atoms with Crippen molar-refractivity contribution in [3.05, 3.63) is 31.1 Å². The van der Waals surface area contributed by atoms with Crippen molar-refractivity contribution >= 4 is 40.8 Å². The Morgan fingerprint density at radius 3 is 2.14 bits per heavy atom. The second-order valence-electron chi connectivity index (χ2n) is 2.06. The van der Waals surface area contributed by atoms with Crippen LogP contribution in [0.3, 0.4) is 0 Å². The molecule has 0 aliphatic carbocycles. The van der Waals surface area contributed by atoms with Crippen molar-refractivity contribution in [2.24, 2.45) is 0 Å². The van der Waals surface area contributed by atoms with Crippen molar-refractivity contribution in [2.45, 2.75) is 0 Å². The Bertz CT molecular complexity index is 431. The van der Waals surface area contributed by atoms with Gasteiger partial charge in [-0.15, -0.1) is 0 Å². The van der Waals surface area contributed by atoms with Crippen LogP contribution in [0, 0.1) is 0 Å². The molecule has 0 atom stereocenters. The summed E-state index contributed by atoms with van der Waals surface area (Å²) in [6.45, 7) is 0. The van der Waals surface area contributed by atoms with Crippen LogP contribution in [-0.4, -0.2) is 11.0 Å². The number of aromatic nitrogens is 1. The first kappa shape index (κ1) is 14.3. The number of aromatic carboxylic acids is 1. The minimum Gasteiger partial charge on any atom is -0.545 e. The smallest absolute Gasteiger partial charge is 0.545 e. The second kappa shape index (κ2) is 5.39. The number of nitrogens with one attached hydrogen (secondary N) is 1. The largest absolute Gasteiger partial charge is 1.00 e. The number of aromatic amines is 1. The molecule has 1 heterocycles. The van der Waals surface area contributed by atoms with Gasteiger partial charge in [0.15, 0.2) is 0 Å². The molecule has 0 radical (unpaired) electrons. The summed E-state index contributed by atoms with van der Waals surface area (Å²) < 4.78 is 0. The Labute approximate surface area is 115 Å². The molecule has 14 heavy (non-hydrogen) atoms. The summed E-state index contributed by atoms with van der Waals surface area (Å²) in [4.78, 5) is 23.3. The van der Waals surface area contributed by atoms with Gasteiger partial charge in [0.25, 0.3) is 5.56 Å². The number of halogens is 3. The van der Waals surface area contributed by atoms with Crippen LogP contribution in [0.15, 0.2) is 4.79 Å². The fraction of sp³-hybridized carbons (Fsp3) is 0. The van der Waals surface area contributed by atoms with Crippen LogP contribution in [-0.2, 0) is 0 Å². The first-order chi connectivity index (χ1) is 5.95. The van der Waals surface area contributed by atoms with Gasteiger partial charge >= 0.3 is 29.6 Å². The minimum absolute atomic E-state index is 0. The van der Waals surface area contributed by atoms with Gasteiger partial charge in [-0.1, -0.05) is 34.8 Å². The molecule has 0 spiro atoms. The number of rotatable bonds is 1. The first-order valence-electron chi connectivity index (χ1n) is 2.93. The third-order valence-corrected chi connectivity index (χ3v) is 2.49. The molecule has 0 saturated carbocycles. The number of carbonyl (C=O) groups is 1. The van der Waals surface area contributed by atoms with E-state index in [1.165, 1.54) is 0 Å². The molecule has 1 aromatic heterocycles. The van der Waals surface area contributed by atoms with E-state index < -0.39 is 22.1 Å². The number of carboxylic acid groups (broad SMARTS) is 1. The molecular formula is C6HCl3NNaO3. The van der Waals surface area contributed by atoms with Crippen LogP contribution in [0.25, 0.3) is 0 Å². The Kier molecular flexibility index (Phi) is 5.51. The molecule has 0 fully saturated rings. The van der Waals surface area contributed by atoms with Crippen LogP contribution < -0.4 is 40.2 Å². The van der Waals surface area contributed by atoms with Crippen LogP contribution in [0.4, 0.5) is 0 Å². The van der Waals surface area contributed by atoms with Gasteiger partial charge in [-0.25, -0.2) is 0 Å². The SMILES string of the molecule is O=C([O-])c1c(Cl)c(Cl)c(Cl)[nH]c1=O.[Na+]. The Balaban J connectivity index is 0.00000169. The molecule has 1 aromatic rings. The van der Waals surface area contributed by atoms with Gasteiger partial charge < -0.3 is 14.9 Å². The zero-order valence-electron chi connectivity index (χ0n) is 6.86. The molecule has 0 aromatic carbocycles. The zero-order valence-corrected chi connectivity index (χ0v) is 11.1. The fourth-order valence-corrected chi connectivity index (χ4v) is 1.33. The van der Waals surface area contributed by atoms with E-state index >= 15 is 0 Å². The van der Waals surface area contributed by atoms with Crippen LogP contribution in [0.1, 0.15) is 10.4 Å². The Morgan fingerprint density at radius 1 is 1.21 bits per heavy atom.